The topological polar surface area (TPSA) is 123 Å². The number of rotatable bonds is 8. The van der Waals surface area contributed by atoms with Crippen molar-refractivity contribution in [3.8, 4) is 6.07 Å². The molecule has 0 saturated carbocycles. The fourth-order valence-corrected chi connectivity index (χ4v) is 3.80. The normalized spacial score (nSPS) is 17.6. The number of nitrogens with zero attached hydrogens (tertiary/aromatic N) is 2. The summed E-state index contributed by atoms with van der Waals surface area (Å²) in [5, 5.41) is 31.3. The van der Waals surface area contributed by atoms with E-state index in [-0.39, 0.29) is 29.5 Å². The second kappa shape index (κ2) is 12.4. The van der Waals surface area contributed by atoms with Gasteiger partial charge in [-0.15, -0.1) is 0 Å². The van der Waals surface area contributed by atoms with E-state index in [2.05, 4.69) is 5.32 Å². The van der Waals surface area contributed by atoms with Crippen LogP contribution in [0.4, 0.5) is 4.79 Å². The Kier molecular flexibility index (Phi) is 9.95. The third kappa shape index (κ3) is 8.91. The van der Waals surface area contributed by atoms with E-state index in [9.17, 15) is 24.9 Å². The van der Waals surface area contributed by atoms with Crippen molar-refractivity contribution < 1.29 is 24.4 Å². The zero-order chi connectivity index (χ0) is 24.4. The fourth-order valence-electron chi connectivity index (χ4n) is 3.80. The van der Waals surface area contributed by atoms with Gasteiger partial charge in [-0.05, 0) is 43.1 Å². The number of hydrogen-bond donors (Lipinski definition) is 3. The van der Waals surface area contributed by atoms with Crippen LogP contribution in [-0.4, -0.2) is 59.2 Å². The first-order chi connectivity index (χ1) is 15.6. The molecular formula is C24H34BN3O5. The highest BCUT2D eigenvalue weighted by atomic mass is 16.5. The number of hydrogen-bond acceptors (Lipinski definition) is 6. The Morgan fingerprint density at radius 2 is 2.00 bits per heavy atom. The van der Waals surface area contributed by atoms with Gasteiger partial charge in [-0.2, -0.15) is 5.26 Å². The lowest BCUT2D eigenvalue weighted by Gasteiger charge is -2.35. The molecule has 9 heteroatoms. The largest absolute Gasteiger partial charge is 0.475 e. The zero-order valence-electron chi connectivity index (χ0n) is 19.7. The highest BCUT2D eigenvalue weighted by Crippen LogP contribution is 2.23. The molecule has 2 atom stereocenters. The van der Waals surface area contributed by atoms with Gasteiger partial charge in [-0.3, -0.25) is 4.79 Å². The fraction of sp³-hybridized carbons (Fsp3) is 0.542. The predicted molar refractivity (Wildman–Crippen MR) is 126 cm³/mol. The minimum atomic E-state index is -1.73. The Morgan fingerprint density at radius 1 is 1.30 bits per heavy atom. The molecule has 178 valence electrons. The summed E-state index contributed by atoms with van der Waals surface area (Å²) < 4.78 is 5.34. The van der Waals surface area contributed by atoms with Crippen molar-refractivity contribution in [3.63, 3.8) is 0 Å². The highest BCUT2D eigenvalue weighted by Gasteiger charge is 2.31. The minimum Gasteiger partial charge on any atom is -0.447 e. The van der Waals surface area contributed by atoms with E-state index < -0.39 is 19.2 Å². The molecule has 0 aliphatic carbocycles. The van der Waals surface area contributed by atoms with Crippen LogP contribution in [0, 0.1) is 16.7 Å². The molecule has 0 bridgehead atoms. The van der Waals surface area contributed by atoms with Gasteiger partial charge in [0.25, 0.3) is 5.91 Å². The highest BCUT2D eigenvalue weighted by molar-refractivity contribution is 6.43. The van der Waals surface area contributed by atoms with Crippen LogP contribution in [0.2, 0.25) is 0 Å². The van der Waals surface area contributed by atoms with Crippen LogP contribution in [0.5, 0.6) is 0 Å². The number of allylic oxidation sites excluding steroid dienone is 1. The van der Waals surface area contributed by atoms with Crippen molar-refractivity contribution in [2.45, 2.75) is 64.9 Å². The van der Waals surface area contributed by atoms with Gasteiger partial charge < -0.3 is 25.0 Å². The van der Waals surface area contributed by atoms with Crippen LogP contribution >= 0.6 is 0 Å². The van der Waals surface area contributed by atoms with Gasteiger partial charge in [-0.1, -0.05) is 57.2 Å². The maximum absolute atomic E-state index is 13.0. The van der Waals surface area contributed by atoms with E-state index >= 15 is 0 Å². The van der Waals surface area contributed by atoms with Crippen molar-refractivity contribution in [1.29, 1.82) is 5.26 Å². The van der Waals surface area contributed by atoms with Crippen molar-refractivity contribution in [3.05, 3.63) is 47.5 Å². The number of amides is 2. The Bertz CT molecular complexity index is 861. The van der Waals surface area contributed by atoms with Gasteiger partial charge in [-0.25, -0.2) is 4.79 Å². The molecule has 2 unspecified atom stereocenters. The van der Waals surface area contributed by atoms with Crippen LogP contribution in [0.25, 0.3) is 0 Å². The molecule has 2 rings (SSSR count). The standard InChI is InChI=1S/C24H34BN3O5/c1-24(2,3)15-19(16-26)22(29)28-14-8-7-11-20(28)17-33-23(30)27-21(25(31)32)13-12-18-9-5-4-6-10-18/h4-6,9-10,15,20-21,31-32H,7-8,11-14,17H2,1-3H3,(H,27,30). The molecule has 2 amide bonds. The number of aryl methyl sites for hydroxylation is 1. The van der Waals surface area contributed by atoms with Crippen LogP contribution in [0.3, 0.4) is 0 Å². The van der Waals surface area contributed by atoms with E-state index in [4.69, 9.17) is 4.74 Å². The van der Waals surface area contributed by atoms with E-state index in [0.717, 1.165) is 18.4 Å². The Morgan fingerprint density at radius 3 is 2.61 bits per heavy atom. The molecule has 1 aromatic rings. The SMILES string of the molecule is CC(C)(C)C=C(C#N)C(=O)N1CCCCC1COC(=O)NC(CCc1ccccc1)B(O)O. The summed E-state index contributed by atoms with van der Waals surface area (Å²) in [4.78, 5) is 26.9. The van der Waals surface area contributed by atoms with Crippen molar-refractivity contribution in [1.82, 2.24) is 10.2 Å². The second-order valence-electron chi connectivity index (χ2n) is 9.47. The van der Waals surface area contributed by atoms with Gasteiger partial charge >= 0.3 is 13.2 Å². The summed E-state index contributed by atoms with van der Waals surface area (Å²) >= 11 is 0. The molecule has 1 aliphatic heterocycles. The lowest BCUT2D eigenvalue weighted by molar-refractivity contribution is -0.131. The third-order valence-electron chi connectivity index (χ3n) is 5.47. The first-order valence-electron chi connectivity index (χ1n) is 11.4. The summed E-state index contributed by atoms with van der Waals surface area (Å²) in [6, 6.07) is 11.2. The Hall–Kier alpha value is -2.83. The number of piperidine rings is 1. The molecule has 1 aliphatic rings. The van der Waals surface area contributed by atoms with Gasteiger partial charge in [0.15, 0.2) is 0 Å². The van der Waals surface area contributed by atoms with E-state index in [1.54, 1.807) is 11.0 Å². The smallest absolute Gasteiger partial charge is 0.447 e. The summed E-state index contributed by atoms with van der Waals surface area (Å²) in [7, 11) is -1.73. The molecule has 1 saturated heterocycles. The molecule has 1 fully saturated rings. The molecule has 3 N–H and O–H groups in total. The first kappa shape index (κ1) is 26.4. The van der Waals surface area contributed by atoms with Gasteiger partial charge in [0.1, 0.15) is 18.2 Å². The van der Waals surface area contributed by atoms with Crippen LogP contribution in [0.15, 0.2) is 42.0 Å². The van der Waals surface area contributed by atoms with Crippen molar-refractivity contribution in [2.75, 3.05) is 13.2 Å². The molecule has 8 nitrogen and oxygen atoms in total. The minimum absolute atomic E-state index is 0.0290. The van der Waals surface area contributed by atoms with Crippen molar-refractivity contribution >= 4 is 19.1 Å². The molecule has 1 heterocycles. The monoisotopic (exact) mass is 455 g/mol. The average molecular weight is 455 g/mol. The number of ether oxygens (including phenoxy) is 1. The lowest BCUT2D eigenvalue weighted by Crippen LogP contribution is -2.50. The zero-order valence-corrected chi connectivity index (χ0v) is 19.7. The summed E-state index contributed by atoms with van der Waals surface area (Å²) in [5.41, 5.74) is 0.789. The number of likely N-dealkylation sites (tertiary alicyclic amines) is 1. The van der Waals surface area contributed by atoms with Crippen LogP contribution in [0.1, 0.15) is 52.0 Å². The van der Waals surface area contributed by atoms with Crippen molar-refractivity contribution in [2.24, 2.45) is 5.41 Å². The second-order valence-corrected chi connectivity index (χ2v) is 9.47. The quantitative estimate of drug-likeness (QED) is 0.315. The number of carbonyl (C=O) groups excluding carboxylic acids is 2. The summed E-state index contributed by atoms with van der Waals surface area (Å²) in [6.45, 7) is 6.22. The van der Waals surface area contributed by atoms with Gasteiger partial charge in [0.2, 0.25) is 0 Å². The lowest BCUT2D eigenvalue weighted by atomic mass is 9.76. The molecule has 0 aromatic heterocycles. The maximum atomic E-state index is 13.0. The average Bonchev–Trinajstić information content (AvgIpc) is 2.78. The number of nitrogens with one attached hydrogen (secondary N) is 1. The number of alkyl carbamates (subject to hydrolysis) is 1. The predicted octanol–water partition coefficient (Wildman–Crippen LogP) is 2.60. The Labute approximate surface area is 196 Å². The van der Waals surface area contributed by atoms with Crippen LogP contribution in [-0.2, 0) is 16.0 Å². The van der Waals surface area contributed by atoms with E-state index in [1.165, 1.54) is 0 Å². The van der Waals surface area contributed by atoms with Gasteiger partial charge in [0, 0.05) is 6.54 Å². The van der Waals surface area contributed by atoms with Crippen LogP contribution < -0.4 is 5.32 Å². The molecule has 1 aromatic carbocycles. The molecule has 0 spiro atoms. The molecular weight excluding hydrogens is 421 g/mol. The number of benzene rings is 1. The van der Waals surface area contributed by atoms with E-state index in [1.807, 2.05) is 57.2 Å². The third-order valence-corrected chi connectivity index (χ3v) is 5.47. The first-order valence-corrected chi connectivity index (χ1v) is 11.4. The Balaban J connectivity index is 1.94. The van der Waals surface area contributed by atoms with E-state index in [0.29, 0.717) is 25.8 Å². The number of nitriles is 1. The maximum Gasteiger partial charge on any atom is 0.475 e. The van der Waals surface area contributed by atoms with Gasteiger partial charge in [0.05, 0.1) is 12.0 Å². The number of carbonyl (C=O) groups is 2. The molecule has 33 heavy (non-hydrogen) atoms. The molecule has 0 radical (unpaired) electrons. The summed E-state index contributed by atoms with van der Waals surface area (Å²) in [5.74, 6) is -1.24. The summed E-state index contributed by atoms with van der Waals surface area (Å²) in [6.07, 6.45) is 4.14.